The molecule has 28 heavy (non-hydrogen) atoms. The van der Waals surface area contributed by atoms with Gasteiger partial charge in [0, 0.05) is 5.92 Å². The molecule has 0 aliphatic heterocycles. The van der Waals surface area contributed by atoms with Gasteiger partial charge in [-0.05, 0) is 36.8 Å². The molecule has 0 radical (unpaired) electrons. The number of anilines is 1. The van der Waals surface area contributed by atoms with Crippen LogP contribution in [0.1, 0.15) is 19.5 Å². The van der Waals surface area contributed by atoms with Gasteiger partial charge in [0.15, 0.2) is 0 Å². The summed E-state index contributed by atoms with van der Waals surface area (Å²) >= 11 is 0. The largest absolute Gasteiger partial charge is 0.497 e. The third-order valence-corrected chi connectivity index (χ3v) is 4.38. The number of amides is 1. The van der Waals surface area contributed by atoms with Gasteiger partial charge >= 0.3 is 0 Å². The average Bonchev–Trinajstić information content (AvgIpc) is 2.71. The lowest BCUT2D eigenvalue weighted by molar-refractivity contribution is -0.118. The number of ether oxygens (including phenoxy) is 1. The quantitative estimate of drug-likeness (QED) is 0.734. The molecule has 6 nitrogen and oxygen atoms in total. The molecule has 6 heteroatoms. The zero-order valence-electron chi connectivity index (χ0n) is 16.4. The zero-order chi connectivity index (χ0) is 20.3. The highest BCUT2D eigenvalue weighted by atomic mass is 16.5. The highest BCUT2D eigenvalue weighted by molar-refractivity contribution is 5.95. The fourth-order valence-electron chi connectivity index (χ4n) is 2.82. The van der Waals surface area contributed by atoms with Crippen molar-refractivity contribution in [3.63, 3.8) is 0 Å². The van der Waals surface area contributed by atoms with Crippen LogP contribution < -0.4 is 15.5 Å². The summed E-state index contributed by atoms with van der Waals surface area (Å²) in [6.07, 6.45) is 0. The molecule has 2 aromatic carbocycles. The highest BCUT2D eigenvalue weighted by Crippen LogP contribution is 2.29. The Morgan fingerprint density at radius 1 is 1.11 bits per heavy atom. The van der Waals surface area contributed by atoms with E-state index in [9.17, 15) is 9.59 Å². The second-order valence-electron chi connectivity index (χ2n) is 6.76. The summed E-state index contributed by atoms with van der Waals surface area (Å²) in [7, 11) is 1.57. The molecule has 0 unspecified atom stereocenters. The van der Waals surface area contributed by atoms with E-state index in [1.54, 1.807) is 44.7 Å². The van der Waals surface area contributed by atoms with E-state index in [0.29, 0.717) is 28.4 Å². The molecule has 0 aliphatic rings. The van der Waals surface area contributed by atoms with E-state index in [1.165, 1.54) is 0 Å². The number of carbonyl (C=O) groups excluding carboxylic acids is 1. The number of aromatic nitrogens is 2. The van der Waals surface area contributed by atoms with Crippen molar-refractivity contribution in [2.75, 3.05) is 12.4 Å². The molecule has 144 valence electrons. The second kappa shape index (κ2) is 8.08. The van der Waals surface area contributed by atoms with Crippen molar-refractivity contribution in [1.82, 2.24) is 9.78 Å². The molecule has 1 aromatic heterocycles. The van der Waals surface area contributed by atoms with Gasteiger partial charge in [0.25, 0.3) is 0 Å². The highest BCUT2D eigenvalue weighted by Gasteiger charge is 2.21. The van der Waals surface area contributed by atoms with Gasteiger partial charge in [-0.2, -0.15) is 5.10 Å². The first kappa shape index (κ1) is 19.4. The van der Waals surface area contributed by atoms with Gasteiger partial charge < -0.3 is 10.1 Å². The molecule has 0 bridgehead atoms. The Hall–Kier alpha value is -3.41. The third kappa shape index (κ3) is 3.81. The predicted molar refractivity (Wildman–Crippen MR) is 110 cm³/mol. The smallest absolute Gasteiger partial charge is 0.228 e. The van der Waals surface area contributed by atoms with Crippen molar-refractivity contribution < 1.29 is 9.53 Å². The summed E-state index contributed by atoms with van der Waals surface area (Å²) in [5, 5.41) is 7.34. The van der Waals surface area contributed by atoms with Crippen molar-refractivity contribution in [2.24, 2.45) is 5.92 Å². The van der Waals surface area contributed by atoms with E-state index < -0.39 is 0 Å². The summed E-state index contributed by atoms with van der Waals surface area (Å²) in [5.74, 6) is 0.519. The number of carbonyl (C=O) groups is 1. The molecule has 0 atom stereocenters. The molecule has 1 amide bonds. The first-order valence-corrected chi connectivity index (χ1v) is 9.07. The molecule has 1 heterocycles. The molecule has 0 saturated heterocycles. The van der Waals surface area contributed by atoms with Crippen molar-refractivity contribution >= 4 is 11.7 Å². The normalized spacial score (nSPS) is 10.8. The Morgan fingerprint density at radius 2 is 1.82 bits per heavy atom. The van der Waals surface area contributed by atoms with Gasteiger partial charge in [-0.3, -0.25) is 9.59 Å². The van der Waals surface area contributed by atoms with Crippen molar-refractivity contribution in [2.45, 2.75) is 20.8 Å². The summed E-state index contributed by atoms with van der Waals surface area (Å²) in [5.41, 5.74) is 1.88. The van der Waals surface area contributed by atoms with Gasteiger partial charge in [0.1, 0.15) is 17.3 Å². The third-order valence-electron chi connectivity index (χ3n) is 4.38. The van der Waals surface area contributed by atoms with Gasteiger partial charge in [-0.1, -0.05) is 44.2 Å². The Morgan fingerprint density at radius 3 is 2.46 bits per heavy atom. The van der Waals surface area contributed by atoms with E-state index in [-0.39, 0.29) is 17.3 Å². The number of hydrogen-bond acceptors (Lipinski definition) is 4. The number of rotatable bonds is 5. The number of hydrogen-bond donors (Lipinski definition) is 1. The van der Waals surface area contributed by atoms with E-state index in [1.807, 2.05) is 42.5 Å². The minimum atomic E-state index is -0.251. The van der Waals surface area contributed by atoms with Gasteiger partial charge in [0.05, 0.1) is 18.4 Å². The van der Waals surface area contributed by atoms with Crippen molar-refractivity contribution in [3.8, 4) is 22.6 Å². The molecule has 0 fully saturated rings. The van der Waals surface area contributed by atoms with Crippen LogP contribution in [0.3, 0.4) is 0 Å². The number of nitrogens with one attached hydrogen (secondary N) is 1. The second-order valence-corrected chi connectivity index (χ2v) is 6.76. The van der Waals surface area contributed by atoms with Gasteiger partial charge in [-0.25, -0.2) is 4.68 Å². The number of nitrogens with zero attached hydrogens (tertiary/aromatic N) is 2. The molecule has 0 saturated carbocycles. The lowest BCUT2D eigenvalue weighted by Gasteiger charge is -2.19. The van der Waals surface area contributed by atoms with Crippen LogP contribution in [0.15, 0.2) is 59.4 Å². The lowest BCUT2D eigenvalue weighted by Crippen LogP contribution is -2.26. The van der Waals surface area contributed by atoms with Crippen LogP contribution in [0, 0.1) is 12.8 Å². The van der Waals surface area contributed by atoms with Gasteiger partial charge in [-0.15, -0.1) is 0 Å². The Balaban J connectivity index is 2.34. The number of benzene rings is 2. The molecule has 3 aromatic rings. The maximum atomic E-state index is 13.1. The standard InChI is InChI=1S/C22H23N3O3/c1-14(2)22(27)23-21-19(16-9-8-12-18(13-16)28-4)20(26)15(3)24-25(21)17-10-6-5-7-11-17/h5-14H,1-4H3,(H,23,27). The summed E-state index contributed by atoms with van der Waals surface area (Å²) in [6, 6.07) is 16.6. The van der Waals surface area contributed by atoms with Crippen LogP contribution in [0.4, 0.5) is 5.82 Å². The predicted octanol–water partition coefficient (Wildman–Crippen LogP) is 3.81. The maximum Gasteiger partial charge on any atom is 0.228 e. The number of para-hydroxylation sites is 1. The van der Waals surface area contributed by atoms with Crippen molar-refractivity contribution in [1.29, 1.82) is 0 Å². The van der Waals surface area contributed by atoms with Crippen molar-refractivity contribution in [3.05, 3.63) is 70.5 Å². The number of aryl methyl sites for hydroxylation is 1. The molecule has 0 spiro atoms. The van der Waals surface area contributed by atoms with Crippen LogP contribution in [0.2, 0.25) is 0 Å². The van der Waals surface area contributed by atoms with E-state index in [2.05, 4.69) is 10.4 Å². The molecular formula is C22H23N3O3. The summed E-state index contributed by atoms with van der Waals surface area (Å²) in [6.45, 7) is 5.26. The Labute approximate surface area is 163 Å². The fraction of sp³-hybridized carbons (Fsp3) is 0.227. The molecule has 1 N–H and O–H groups in total. The molecule has 3 rings (SSSR count). The molecule has 0 aliphatic carbocycles. The van der Waals surface area contributed by atoms with Gasteiger partial charge in [0.2, 0.25) is 11.3 Å². The maximum absolute atomic E-state index is 13.1. The van der Waals surface area contributed by atoms with E-state index >= 15 is 0 Å². The van der Waals surface area contributed by atoms with E-state index in [0.717, 1.165) is 5.69 Å². The molecular weight excluding hydrogens is 354 g/mol. The van der Waals surface area contributed by atoms with Crippen LogP contribution >= 0.6 is 0 Å². The topological polar surface area (TPSA) is 73.2 Å². The van der Waals surface area contributed by atoms with E-state index in [4.69, 9.17) is 4.74 Å². The average molecular weight is 377 g/mol. The fourth-order valence-corrected chi connectivity index (χ4v) is 2.82. The Bertz CT molecular complexity index is 1060. The first-order valence-electron chi connectivity index (χ1n) is 9.07. The monoisotopic (exact) mass is 377 g/mol. The lowest BCUT2D eigenvalue weighted by atomic mass is 10.0. The zero-order valence-corrected chi connectivity index (χ0v) is 16.4. The van der Waals surface area contributed by atoms with Crippen LogP contribution in [0.25, 0.3) is 16.8 Å². The minimum Gasteiger partial charge on any atom is -0.497 e. The summed E-state index contributed by atoms with van der Waals surface area (Å²) in [4.78, 5) is 25.6. The minimum absolute atomic E-state index is 0.195. The van der Waals surface area contributed by atoms with Crippen LogP contribution in [-0.2, 0) is 4.79 Å². The SMILES string of the molecule is COc1cccc(-c2c(NC(=O)C(C)C)n(-c3ccccc3)nc(C)c2=O)c1. The Kier molecular flexibility index (Phi) is 5.59. The van der Waals surface area contributed by atoms with Crippen LogP contribution in [0.5, 0.6) is 5.75 Å². The summed E-state index contributed by atoms with van der Waals surface area (Å²) < 4.78 is 6.91. The first-order chi connectivity index (χ1) is 13.4. The van der Waals surface area contributed by atoms with Crippen LogP contribution in [-0.4, -0.2) is 22.8 Å². The number of methoxy groups -OCH3 is 1.